The van der Waals surface area contributed by atoms with Gasteiger partial charge in [0.15, 0.2) is 0 Å². The number of nitrogens with zero attached hydrogens (tertiary/aromatic N) is 3. The van der Waals surface area contributed by atoms with Crippen LogP contribution in [0.15, 0.2) is 17.0 Å². The van der Waals surface area contributed by atoms with Crippen molar-refractivity contribution >= 4 is 38.6 Å². The number of ether oxygens (including phenoxy) is 1. The third kappa shape index (κ3) is 2.59. The highest BCUT2D eigenvalue weighted by molar-refractivity contribution is 9.10. The van der Waals surface area contributed by atoms with Gasteiger partial charge in [0.05, 0.1) is 11.5 Å². The Morgan fingerprint density at radius 1 is 1.45 bits per heavy atom. The van der Waals surface area contributed by atoms with E-state index in [-0.39, 0.29) is 0 Å². The van der Waals surface area contributed by atoms with E-state index < -0.39 is 0 Å². The Bertz CT molecular complexity index is 610. The number of fused-ring (bicyclic) bond motifs is 1. The smallest absolute Gasteiger partial charge is 0.146 e. The highest BCUT2D eigenvalue weighted by Crippen LogP contribution is 2.39. The molecule has 0 aliphatic heterocycles. The van der Waals surface area contributed by atoms with Crippen molar-refractivity contribution in [3.63, 3.8) is 0 Å². The van der Waals surface area contributed by atoms with Crippen molar-refractivity contribution in [2.75, 3.05) is 6.61 Å². The third-order valence-electron chi connectivity index (χ3n) is 3.83. The lowest BCUT2D eigenvalue weighted by Gasteiger charge is -2.36. The van der Waals surface area contributed by atoms with Crippen LogP contribution in [0, 0.1) is 0 Å². The molecule has 0 unspecified atom stereocenters. The summed E-state index contributed by atoms with van der Waals surface area (Å²) < 4.78 is 8.97. The fourth-order valence-electron chi connectivity index (χ4n) is 2.58. The fourth-order valence-corrected chi connectivity index (χ4v) is 3.51. The molecule has 2 aromatic rings. The summed E-state index contributed by atoms with van der Waals surface area (Å²) in [6, 6.07) is 0.446. The Morgan fingerprint density at radius 2 is 2.25 bits per heavy atom. The molecule has 4 nitrogen and oxygen atoms in total. The monoisotopic (exact) mass is 357 g/mol. The van der Waals surface area contributed by atoms with E-state index in [1.807, 2.05) is 0 Å². The van der Waals surface area contributed by atoms with E-state index in [1.54, 1.807) is 0 Å². The minimum absolute atomic E-state index is 0.389. The molecule has 0 radical (unpaired) electrons. The molecule has 108 valence electrons. The van der Waals surface area contributed by atoms with Crippen molar-refractivity contribution in [3.8, 4) is 0 Å². The van der Waals surface area contributed by atoms with Crippen molar-refractivity contribution in [2.24, 2.45) is 0 Å². The summed E-state index contributed by atoms with van der Waals surface area (Å²) in [5.41, 5.74) is 0.897. The van der Waals surface area contributed by atoms with Crippen LogP contribution < -0.4 is 0 Å². The quantitative estimate of drug-likeness (QED) is 0.588. The van der Waals surface area contributed by atoms with Gasteiger partial charge in [-0.05, 0) is 35.2 Å². The van der Waals surface area contributed by atoms with Crippen molar-refractivity contribution in [2.45, 2.75) is 44.8 Å². The first-order chi connectivity index (χ1) is 9.70. The number of hydrogen-bond donors (Lipinski definition) is 0. The largest absolute Gasteiger partial charge is 0.378 e. The first-order valence-corrected chi connectivity index (χ1v) is 8.16. The normalized spacial score (nSPS) is 22.1. The molecule has 3 rings (SSSR count). The molecule has 0 amide bonds. The summed E-state index contributed by atoms with van der Waals surface area (Å²) >= 11 is 9.68. The molecular formula is C14H17BrClN3O. The van der Waals surface area contributed by atoms with Crippen LogP contribution in [-0.2, 0) is 4.74 Å². The standard InChI is InChI=1S/C14H17BrClN3O/c1-2-3-4-20-10-5-9(6-10)19-7-11(15)12-13(16)17-8-18-14(12)19/h7-10H,2-6H2,1H3. The zero-order valence-electron chi connectivity index (χ0n) is 11.4. The molecule has 0 N–H and O–H groups in total. The minimum Gasteiger partial charge on any atom is -0.378 e. The molecule has 2 heterocycles. The van der Waals surface area contributed by atoms with Crippen LogP contribution in [0.2, 0.25) is 5.15 Å². The molecule has 0 spiro atoms. The maximum atomic E-state index is 6.14. The highest BCUT2D eigenvalue weighted by Gasteiger charge is 2.32. The summed E-state index contributed by atoms with van der Waals surface area (Å²) in [4.78, 5) is 8.40. The molecule has 0 aromatic carbocycles. The van der Waals surface area contributed by atoms with E-state index in [9.17, 15) is 0 Å². The number of unbranched alkanes of at least 4 members (excludes halogenated alkanes) is 1. The van der Waals surface area contributed by atoms with Gasteiger partial charge in [0.2, 0.25) is 0 Å². The van der Waals surface area contributed by atoms with Crippen LogP contribution in [0.25, 0.3) is 11.0 Å². The van der Waals surface area contributed by atoms with Crippen molar-refractivity contribution in [1.29, 1.82) is 0 Å². The van der Waals surface area contributed by atoms with Gasteiger partial charge in [0.1, 0.15) is 17.1 Å². The minimum atomic E-state index is 0.389. The van der Waals surface area contributed by atoms with Gasteiger partial charge >= 0.3 is 0 Å². The van der Waals surface area contributed by atoms with Gasteiger partial charge in [0.25, 0.3) is 0 Å². The molecule has 1 aliphatic rings. The van der Waals surface area contributed by atoms with Crippen LogP contribution in [-0.4, -0.2) is 27.2 Å². The summed E-state index contributed by atoms with van der Waals surface area (Å²) in [6.45, 7) is 3.05. The molecule has 20 heavy (non-hydrogen) atoms. The second-order valence-corrected chi connectivity index (χ2v) is 6.43. The van der Waals surface area contributed by atoms with E-state index in [1.165, 1.54) is 12.7 Å². The van der Waals surface area contributed by atoms with Crippen LogP contribution in [0.3, 0.4) is 0 Å². The van der Waals surface area contributed by atoms with Crippen molar-refractivity contribution in [3.05, 3.63) is 22.1 Å². The second kappa shape index (κ2) is 6.00. The molecule has 1 aliphatic carbocycles. The van der Waals surface area contributed by atoms with Gasteiger partial charge < -0.3 is 9.30 Å². The summed E-state index contributed by atoms with van der Waals surface area (Å²) in [5.74, 6) is 0. The molecule has 2 aromatic heterocycles. The topological polar surface area (TPSA) is 39.9 Å². The highest BCUT2D eigenvalue weighted by atomic mass is 79.9. The van der Waals surface area contributed by atoms with Gasteiger partial charge in [-0.15, -0.1) is 0 Å². The van der Waals surface area contributed by atoms with Gasteiger partial charge in [-0.2, -0.15) is 0 Å². The van der Waals surface area contributed by atoms with Gasteiger partial charge in [-0.1, -0.05) is 24.9 Å². The van der Waals surface area contributed by atoms with Crippen molar-refractivity contribution < 1.29 is 4.74 Å². The average Bonchev–Trinajstić information content (AvgIpc) is 2.71. The summed E-state index contributed by atoms with van der Waals surface area (Å²) in [6.07, 6.45) is 8.37. The van der Waals surface area contributed by atoms with E-state index in [0.29, 0.717) is 17.3 Å². The molecular weight excluding hydrogens is 342 g/mol. The van der Waals surface area contributed by atoms with E-state index in [2.05, 4.69) is 43.6 Å². The van der Waals surface area contributed by atoms with E-state index in [4.69, 9.17) is 16.3 Å². The lowest BCUT2D eigenvalue weighted by atomic mass is 9.89. The second-order valence-electron chi connectivity index (χ2n) is 5.22. The zero-order valence-corrected chi connectivity index (χ0v) is 13.7. The molecule has 1 fully saturated rings. The Hall–Kier alpha value is -0.650. The zero-order chi connectivity index (χ0) is 14.1. The van der Waals surface area contributed by atoms with Crippen LogP contribution in [0.1, 0.15) is 38.6 Å². The summed E-state index contributed by atoms with van der Waals surface area (Å²) in [7, 11) is 0. The van der Waals surface area contributed by atoms with Crippen molar-refractivity contribution in [1.82, 2.24) is 14.5 Å². The maximum absolute atomic E-state index is 6.14. The number of hydrogen-bond acceptors (Lipinski definition) is 3. The van der Waals surface area contributed by atoms with Crippen LogP contribution in [0.4, 0.5) is 0 Å². The van der Waals surface area contributed by atoms with Gasteiger partial charge in [-0.3, -0.25) is 0 Å². The van der Waals surface area contributed by atoms with Gasteiger partial charge in [-0.25, -0.2) is 9.97 Å². The lowest BCUT2D eigenvalue weighted by Crippen LogP contribution is -2.33. The SMILES string of the molecule is CCCCOC1CC(n2cc(Br)c3c(Cl)ncnc32)C1. The molecule has 1 saturated carbocycles. The summed E-state index contributed by atoms with van der Waals surface area (Å²) in [5, 5.41) is 1.39. The number of halogens is 2. The van der Waals surface area contributed by atoms with Crippen LogP contribution >= 0.6 is 27.5 Å². The average molecular weight is 359 g/mol. The predicted octanol–water partition coefficient (Wildman–Crippen LogP) is 4.37. The first-order valence-electron chi connectivity index (χ1n) is 6.98. The number of rotatable bonds is 5. The Kier molecular flexibility index (Phi) is 4.29. The third-order valence-corrected chi connectivity index (χ3v) is 4.72. The van der Waals surface area contributed by atoms with E-state index >= 15 is 0 Å². The number of aromatic nitrogens is 3. The van der Waals surface area contributed by atoms with Crippen LogP contribution in [0.5, 0.6) is 0 Å². The Labute approximate surface area is 131 Å². The molecule has 0 saturated heterocycles. The molecule has 6 heteroatoms. The maximum Gasteiger partial charge on any atom is 0.146 e. The molecule has 0 bridgehead atoms. The van der Waals surface area contributed by atoms with E-state index in [0.717, 1.165) is 41.4 Å². The lowest BCUT2D eigenvalue weighted by molar-refractivity contribution is -0.0259. The Balaban J connectivity index is 1.72. The fraction of sp³-hybridized carbons (Fsp3) is 0.571. The van der Waals surface area contributed by atoms with Gasteiger partial charge in [0, 0.05) is 23.3 Å². The first kappa shape index (κ1) is 14.3. The predicted molar refractivity (Wildman–Crippen MR) is 83.2 cm³/mol. The molecule has 0 atom stereocenters. The Morgan fingerprint density at radius 3 is 3.00 bits per heavy atom.